The summed E-state index contributed by atoms with van der Waals surface area (Å²) in [6.45, 7) is 5.15. The molecule has 0 spiro atoms. The Kier molecular flexibility index (Phi) is 2.84. The van der Waals surface area contributed by atoms with Crippen LogP contribution in [0, 0.1) is 0 Å². The molecule has 0 aromatic carbocycles. The van der Waals surface area contributed by atoms with Gasteiger partial charge in [-0.3, -0.25) is 0 Å². The third-order valence-corrected chi connectivity index (χ3v) is 2.70. The van der Waals surface area contributed by atoms with Gasteiger partial charge in [-0.25, -0.2) is 0 Å². The largest absolute Gasteiger partial charge is 0.374 e. The molecule has 0 unspecified atom stereocenters. The van der Waals surface area contributed by atoms with Gasteiger partial charge >= 0.3 is 0 Å². The van der Waals surface area contributed by atoms with Gasteiger partial charge in [0, 0.05) is 5.70 Å². The van der Waals surface area contributed by atoms with Crippen LogP contribution >= 0.6 is 11.8 Å². The summed E-state index contributed by atoms with van der Waals surface area (Å²) in [5, 5.41) is 5.64. The normalized spacial score (nSPS) is 21.2. The fourth-order valence-corrected chi connectivity index (χ4v) is 1.88. The number of nitrogens with two attached hydrogens (primary N) is 1. The molecular formula is C8H16N2S. The molecule has 64 valence electrons. The summed E-state index contributed by atoms with van der Waals surface area (Å²) in [5.74, 6) is 0. The van der Waals surface area contributed by atoms with Gasteiger partial charge in [-0.15, -0.1) is 11.8 Å². The van der Waals surface area contributed by atoms with E-state index < -0.39 is 0 Å². The van der Waals surface area contributed by atoms with Gasteiger partial charge in [-0.1, -0.05) is 0 Å². The smallest absolute Gasteiger partial charge is 0.0815 e. The Labute approximate surface area is 72.6 Å². The summed E-state index contributed by atoms with van der Waals surface area (Å²) in [6.07, 6.45) is 2.17. The molecule has 0 bridgehead atoms. The first-order chi connectivity index (χ1) is 5.14. The van der Waals surface area contributed by atoms with Crippen LogP contribution in [0.3, 0.4) is 0 Å². The van der Waals surface area contributed by atoms with Crippen molar-refractivity contribution in [2.75, 3.05) is 6.54 Å². The van der Waals surface area contributed by atoms with Gasteiger partial charge in [-0.05, 0) is 38.6 Å². The molecule has 0 saturated carbocycles. The predicted octanol–water partition coefficient (Wildman–Crippen LogP) is 1.64. The van der Waals surface area contributed by atoms with E-state index in [1.165, 1.54) is 5.70 Å². The highest BCUT2D eigenvalue weighted by atomic mass is 32.2. The Morgan fingerprint density at radius 3 is 2.82 bits per heavy atom. The Morgan fingerprint density at radius 2 is 2.36 bits per heavy atom. The van der Waals surface area contributed by atoms with Crippen LogP contribution in [0.5, 0.6) is 0 Å². The number of nitrogens with one attached hydrogen (secondary N) is 1. The molecule has 0 amide bonds. The van der Waals surface area contributed by atoms with Crippen LogP contribution in [0.2, 0.25) is 0 Å². The number of hydrogen-bond acceptors (Lipinski definition) is 3. The third-order valence-electron chi connectivity index (χ3n) is 1.61. The van der Waals surface area contributed by atoms with Crippen LogP contribution in [0.15, 0.2) is 11.1 Å². The van der Waals surface area contributed by atoms with E-state index in [1.54, 1.807) is 0 Å². The fourth-order valence-electron chi connectivity index (χ4n) is 1.08. The summed E-state index contributed by atoms with van der Waals surface area (Å²) >= 11 is 1.84. The average Bonchev–Trinajstić information content (AvgIpc) is 2.26. The maximum absolute atomic E-state index is 5.41. The molecule has 2 nitrogen and oxygen atoms in total. The minimum atomic E-state index is 0.198. The maximum Gasteiger partial charge on any atom is 0.0815 e. The van der Waals surface area contributed by atoms with Gasteiger partial charge in [0.05, 0.1) is 4.87 Å². The lowest BCUT2D eigenvalue weighted by molar-refractivity contribution is 0.599. The maximum atomic E-state index is 5.41. The van der Waals surface area contributed by atoms with Crippen molar-refractivity contribution in [2.24, 2.45) is 5.73 Å². The summed E-state index contributed by atoms with van der Waals surface area (Å²) < 4.78 is 0. The van der Waals surface area contributed by atoms with E-state index in [0.717, 1.165) is 19.4 Å². The highest BCUT2D eigenvalue weighted by molar-refractivity contribution is 8.03. The molecule has 3 N–H and O–H groups in total. The third kappa shape index (κ3) is 2.75. The van der Waals surface area contributed by atoms with Crippen LogP contribution in [0.25, 0.3) is 0 Å². The van der Waals surface area contributed by atoms with Crippen LogP contribution in [-0.2, 0) is 0 Å². The molecule has 0 aliphatic carbocycles. The Bertz CT molecular complexity index is 163. The summed E-state index contributed by atoms with van der Waals surface area (Å²) in [6, 6.07) is 0. The van der Waals surface area contributed by atoms with Crippen molar-refractivity contribution in [2.45, 2.75) is 31.6 Å². The number of rotatable bonds is 3. The highest BCUT2D eigenvalue weighted by Crippen LogP contribution is 2.31. The Hall–Kier alpha value is -0.150. The van der Waals surface area contributed by atoms with Gasteiger partial charge in [0.25, 0.3) is 0 Å². The summed E-state index contributed by atoms with van der Waals surface area (Å²) in [4.78, 5) is 0.198. The molecule has 0 aromatic rings. The average molecular weight is 172 g/mol. The van der Waals surface area contributed by atoms with Gasteiger partial charge in [-0.2, -0.15) is 0 Å². The zero-order valence-electron chi connectivity index (χ0n) is 7.18. The molecule has 11 heavy (non-hydrogen) atoms. The van der Waals surface area contributed by atoms with E-state index in [1.807, 2.05) is 11.8 Å². The molecule has 0 saturated heterocycles. The van der Waals surface area contributed by atoms with Crippen LogP contribution in [0.1, 0.15) is 26.7 Å². The Morgan fingerprint density at radius 1 is 1.64 bits per heavy atom. The SMILES string of the molecule is CC1(C)NC(CCCN)=CS1. The van der Waals surface area contributed by atoms with E-state index >= 15 is 0 Å². The van der Waals surface area contributed by atoms with Crippen molar-refractivity contribution in [3.05, 3.63) is 11.1 Å². The van der Waals surface area contributed by atoms with E-state index in [-0.39, 0.29) is 4.87 Å². The molecular weight excluding hydrogens is 156 g/mol. The van der Waals surface area contributed by atoms with E-state index in [9.17, 15) is 0 Å². The molecule has 0 aromatic heterocycles. The fraction of sp³-hybridized carbons (Fsp3) is 0.750. The molecule has 0 radical (unpaired) electrons. The van der Waals surface area contributed by atoms with Gasteiger partial charge in [0.1, 0.15) is 0 Å². The quantitative estimate of drug-likeness (QED) is 0.679. The van der Waals surface area contributed by atoms with Crippen molar-refractivity contribution in [1.29, 1.82) is 0 Å². The number of thioether (sulfide) groups is 1. The van der Waals surface area contributed by atoms with Crippen molar-refractivity contribution in [3.63, 3.8) is 0 Å². The lowest BCUT2D eigenvalue weighted by Gasteiger charge is -2.19. The van der Waals surface area contributed by atoms with Crippen molar-refractivity contribution in [3.8, 4) is 0 Å². The van der Waals surface area contributed by atoms with Crippen molar-refractivity contribution >= 4 is 11.8 Å². The molecule has 1 aliphatic rings. The van der Waals surface area contributed by atoms with E-state index in [0.29, 0.717) is 0 Å². The van der Waals surface area contributed by atoms with Crippen LogP contribution in [0.4, 0.5) is 0 Å². The van der Waals surface area contributed by atoms with Gasteiger partial charge < -0.3 is 11.1 Å². The van der Waals surface area contributed by atoms with Gasteiger partial charge in [0.15, 0.2) is 0 Å². The van der Waals surface area contributed by atoms with Crippen LogP contribution in [-0.4, -0.2) is 11.4 Å². The van der Waals surface area contributed by atoms with Crippen molar-refractivity contribution < 1.29 is 0 Å². The second kappa shape index (κ2) is 3.50. The molecule has 1 rings (SSSR count). The monoisotopic (exact) mass is 172 g/mol. The summed E-state index contributed by atoms with van der Waals surface area (Å²) in [5.41, 5.74) is 6.75. The second-order valence-corrected chi connectivity index (χ2v) is 4.78. The standard InChI is InChI=1S/C8H16N2S/c1-8(2)10-7(6-11-8)4-3-5-9/h6,10H,3-5,9H2,1-2H3. The molecule has 1 heterocycles. The highest BCUT2D eigenvalue weighted by Gasteiger charge is 2.22. The zero-order chi connectivity index (χ0) is 8.32. The minimum Gasteiger partial charge on any atom is -0.374 e. The Balaban J connectivity index is 2.29. The first kappa shape index (κ1) is 8.94. The molecule has 1 aliphatic heterocycles. The molecule has 0 atom stereocenters. The second-order valence-electron chi connectivity index (χ2n) is 3.29. The molecule has 0 fully saturated rings. The topological polar surface area (TPSA) is 38.0 Å². The minimum absolute atomic E-state index is 0.198. The zero-order valence-corrected chi connectivity index (χ0v) is 8.00. The first-order valence-electron chi connectivity index (χ1n) is 3.99. The summed E-state index contributed by atoms with van der Waals surface area (Å²) in [7, 11) is 0. The molecule has 3 heteroatoms. The lowest BCUT2D eigenvalue weighted by atomic mass is 10.2. The number of allylic oxidation sites excluding steroid dienone is 1. The number of hydrogen-bond donors (Lipinski definition) is 2. The predicted molar refractivity (Wildman–Crippen MR) is 51.2 cm³/mol. The lowest BCUT2D eigenvalue weighted by Crippen LogP contribution is -2.30. The van der Waals surface area contributed by atoms with E-state index in [4.69, 9.17) is 5.73 Å². The van der Waals surface area contributed by atoms with Gasteiger partial charge in [0.2, 0.25) is 0 Å². The van der Waals surface area contributed by atoms with Crippen LogP contribution < -0.4 is 11.1 Å². The van der Waals surface area contributed by atoms with E-state index in [2.05, 4.69) is 24.6 Å². The first-order valence-corrected chi connectivity index (χ1v) is 4.87. The van der Waals surface area contributed by atoms with Crippen molar-refractivity contribution in [1.82, 2.24) is 5.32 Å².